The lowest BCUT2D eigenvalue weighted by Gasteiger charge is -2.33. The summed E-state index contributed by atoms with van der Waals surface area (Å²) in [6.07, 6.45) is 8.11. The van der Waals surface area contributed by atoms with Gasteiger partial charge in [-0.3, -0.25) is 9.78 Å². The van der Waals surface area contributed by atoms with Gasteiger partial charge in [-0.25, -0.2) is 9.97 Å². The van der Waals surface area contributed by atoms with Gasteiger partial charge in [0, 0.05) is 49.6 Å². The number of hydrogen-bond donors (Lipinski definition) is 0. The Labute approximate surface area is 136 Å². The van der Waals surface area contributed by atoms with Gasteiger partial charge < -0.3 is 4.90 Å². The van der Waals surface area contributed by atoms with Crippen LogP contribution in [0.2, 0.25) is 0 Å². The van der Waals surface area contributed by atoms with Gasteiger partial charge >= 0.3 is 0 Å². The lowest BCUT2D eigenvalue weighted by Crippen LogP contribution is -2.39. The Morgan fingerprint density at radius 1 is 1.35 bits per heavy atom. The number of nitrogens with zero attached hydrogens (tertiary/aromatic N) is 4. The highest BCUT2D eigenvalue weighted by Crippen LogP contribution is 2.32. The van der Waals surface area contributed by atoms with Crippen molar-refractivity contribution in [1.29, 1.82) is 0 Å². The number of hydrogen-bond acceptors (Lipinski definition) is 4. The summed E-state index contributed by atoms with van der Waals surface area (Å²) >= 11 is 0. The molecular formula is C18H22N4O. The van der Waals surface area contributed by atoms with E-state index < -0.39 is 0 Å². The molecule has 3 rings (SSSR count). The summed E-state index contributed by atoms with van der Waals surface area (Å²) in [6.45, 7) is 5.44. The lowest BCUT2D eigenvalue weighted by atomic mass is 9.90. The van der Waals surface area contributed by atoms with Crippen molar-refractivity contribution >= 4 is 5.91 Å². The van der Waals surface area contributed by atoms with E-state index in [4.69, 9.17) is 4.98 Å². The number of carbonyl (C=O) groups excluding carboxylic acids is 1. The van der Waals surface area contributed by atoms with Gasteiger partial charge in [-0.1, -0.05) is 6.92 Å². The molecule has 2 aromatic rings. The first kappa shape index (κ1) is 15.6. The van der Waals surface area contributed by atoms with Crippen molar-refractivity contribution < 1.29 is 4.79 Å². The maximum atomic E-state index is 12.1. The standard InChI is InChI=1S/C18H22N4O/c1-3-17(23)22-10-4-5-15(12-22)18-16(11-20-13(2)21-18)14-6-8-19-9-7-14/h6-9,11,15H,3-5,10,12H2,1-2H3/t15-/m0/s1. The van der Waals surface area contributed by atoms with E-state index >= 15 is 0 Å². The molecule has 0 saturated carbocycles. The maximum absolute atomic E-state index is 12.1. The van der Waals surface area contributed by atoms with Gasteiger partial charge in [0.15, 0.2) is 0 Å². The molecule has 1 atom stereocenters. The van der Waals surface area contributed by atoms with Gasteiger partial charge in [0.1, 0.15) is 5.82 Å². The zero-order chi connectivity index (χ0) is 16.2. The average Bonchev–Trinajstić information content (AvgIpc) is 2.62. The van der Waals surface area contributed by atoms with Crippen molar-refractivity contribution in [3.63, 3.8) is 0 Å². The predicted octanol–water partition coefficient (Wildman–Crippen LogP) is 2.96. The Kier molecular flexibility index (Phi) is 4.65. The van der Waals surface area contributed by atoms with Crippen LogP contribution in [0.1, 0.15) is 43.6 Å². The fourth-order valence-electron chi connectivity index (χ4n) is 3.20. The molecule has 1 saturated heterocycles. The third kappa shape index (κ3) is 3.38. The van der Waals surface area contributed by atoms with Crippen LogP contribution in [0.5, 0.6) is 0 Å². The van der Waals surface area contributed by atoms with Crippen LogP contribution >= 0.6 is 0 Å². The highest BCUT2D eigenvalue weighted by atomic mass is 16.2. The monoisotopic (exact) mass is 310 g/mol. The van der Waals surface area contributed by atoms with E-state index in [0.717, 1.165) is 48.6 Å². The highest BCUT2D eigenvalue weighted by molar-refractivity contribution is 5.76. The summed E-state index contributed by atoms with van der Waals surface area (Å²) in [4.78, 5) is 27.2. The SMILES string of the molecule is CCC(=O)N1CCC[C@H](c2nc(C)ncc2-c2ccncc2)C1. The minimum absolute atomic E-state index is 0.228. The molecule has 120 valence electrons. The van der Waals surface area contributed by atoms with Gasteiger partial charge in [0.2, 0.25) is 5.91 Å². The van der Waals surface area contributed by atoms with Gasteiger partial charge in [-0.15, -0.1) is 0 Å². The van der Waals surface area contributed by atoms with Crippen LogP contribution in [-0.2, 0) is 4.79 Å². The molecule has 1 amide bonds. The third-order valence-corrected chi connectivity index (χ3v) is 4.39. The van der Waals surface area contributed by atoms with Crippen LogP contribution in [0.25, 0.3) is 11.1 Å². The number of aryl methyl sites for hydroxylation is 1. The number of amides is 1. The zero-order valence-corrected chi connectivity index (χ0v) is 13.7. The van der Waals surface area contributed by atoms with E-state index in [1.807, 2.05) is 37.1 Å². The molecule has 0 radical (unpaired) electrons. The number of pyridine rings is 1. The number of likely N-dealkylation sites (tertiary alicyclic amines) is 1. The second-order valence-electron chi connectivity index (χ2n) is 5.98. The smallest absolute Gasteiger partial charge is 0.222 e. The molecule has 5 heteroatoms. The number of carbonyl (C=O) groups is 1. The summed E-state index contributed by atoms with van der Waals surface area (Å²) in [5.41, 5.74) is 3.18. The van der Waals surface area contributed by atoms with Crippen molar-refractivity contribution in [2.45, 2.75) is 39.0 Å². The second kappa shape index (κ2) is 6.86. The van der Waals surface area contributed by atoms with Crippen molar-refractivity contribution in [3.8, 4) is 11.1 Å². The molecular weight excluding hydrogens is 288 g/mol. The summed E-state index contributed by atoms with van der Waals surface area (Å²) in [5, 5.41) is 0. The number of piperidine rings is 1. The predicted molar refractivity (Wildman–Crippen MR) is 88.8 cm³/mol. The van der Waals surface area contributed by atoms with Crippen LogP contribution in [0.4, 0.5) is 0 Å². The zero-order valence-electron chi connectivity index (χ0n) is 13.7. The van der Waals surface area contributed by atoms with Gasteiger partial charge in [0.05, 0.1) is 5.69 Å². The summed E-state index contributed by atoms with van der Waals surface area (Å²) in [6, 6.07) is 3.96. The average molecular weight is 310 g/mol. The third-order valence-electron chi connectivity index (χ3n) is 4.39. The molecule has 0 aliphatic carbocycles. The quantitative estimate of drug-likeness (QED) is 0.874. The van der Waals surface area contributed by atoms with Crippen molar-refractivity contribution in [2.24, 2.45) is 0 Å². The fraction of sp³-hybridized carbons (Fsp3) is 0.444. The fourth-order valence-corrected chi connectivity index (χ4v) is 3.20. The van der Waals surface area contributed by atoms with E-state index in [2.05, 4.69) is 9.97 Å². The Morgan fingerprint density at radius 3 is 2.87 bits per heavy atom. The van der Waals surface area contributed by atoms with Crippen LogP contribution in [0.15, 0.2) is 30.7 Å². The van der Waals surface area contributed by atoms with E-state index in [9.17, 15) is 4.79 Å². The molecule has 23 heavy (non-hydrogen) atoms. The van der Waals surface area contributed by atoms with Crippen LogP contribution in [-0.4, -0.2) is 38.8 Å². The molecule has 0 N–H and O–H groups in total. The van der Waals surface area contributed by atoms with Crippen molar-refractivity contribution in [2.75, 3.05) is 13.1 Å². The van der Waals surface area contributed by atoms with Gasteiger partial charge in [-0.05, 0) is 37.5 Å². The molecule has 1 fully saturated rings. The van der Waals surface area contributed by atoms with E-state index in [1.165, 1.54) is 0 Å². The maximum Gasteiger partial charge on any atom is 0.222 e. The topological polar surface area (TPSA) is 59.0 Å². The molecule has 1 aliphatic rings. The minimum atomic E-state index is 0.228. The molecule has 5 nitrogen and oxygen atoms in total. The minimum Gasteiger partial charge on any atom is -0.342 e. The van der Waals surface area contributed by atoms with Crippen LogP contribution in [0, 0.1) is 6.92 Å². The molecule has 0 unspecified atom stereocenters. The van der Waals surface area contributed by atoms with Gasteiger partial charge in [-0.2, -0.15) is 0 Å². The Balaban J connectivity index is 1.95. The van der Waals surface area contributed by atoms with E-state index in [-0.39, 0.29) is 11.8 Å². The highest BCUT2D eigenvalue weighted by Gasteiger charge is 2.27. The first-order valence-corrected chi connectivity index (χ1v) is 8.20. The Hall–Kier alpha value is -2.30. The van der Waals surface area contributed by atoms with E-state index in [0.29, 0.717) is 6.42 Å². The second-order valence-corrected chi connectivity index (χ2v) is 5.98. The summed E-state index contributed by atoms with van der Waals surface area (Å²) in [7, 11) is 0. The van der Waals surface area contributed by atoms with Crippen LogP contribution in [0.3, 0.4) is 0 Å². The van der Waals surface area contributed by atoms with Crippen LogP contribution < -0.4 is 0 Å². The first-order chi connectivity index (χ1) is 11.2. The molecule has 0 bridgehead atoms. The van der Waals surface area contributed by atoms with Crippen molar-refractivity contribution in [3.05, 3.63) is 42.2 Å². The molecule has 1 aliphatic heterocycles. The largest absolute Gasteiger partial charge is 0.342 e. The lowest BCUT2D eigenvalue weighted by molar-refractivity contribution is -0.132. The van der Waals surface area contributed by atoms with E-state index in [1.54, 1.807) is 12.4 Å². The Bertz CT molecular complexity index is 687. The number of rotatable bonds is 3. The summed E-state index contributed by atoms with van der Waals surface area (Å²) in [5.74, 6) is 1.27. The molecule has 0 spiro atoms. The first-order valence-electron chi connectivity index (χ1n) is 8.20. The van der Waals surface area contributed by atoms with Crippen molar-refractivity contribution in [1.82, 2.24) is 19.9 Å². The molecule has 0 aromatic carbocycles. The Morgan fingerprint density at radius 2 is 2.13 bits per heavy atom. The normalized spacial score (nSPS) is 18.0. The molecule has 2 aromatic heterocycles. The number of aromatic nitrogens is 3. The molecule has 3 heterocycles. The van der Waals surface area contributed by atoms with Gasteiger partial charge in [0.25, 0.3) is 0 Å². The summed E-state index contributed by atoms with van der Waals surface area (Å²) < 4.78 is 0.